The lowest BCUT2D eigenvalue weighted by Gasteiger charge is -2.34. The monoisotopic (exact) mass is 356 g/mol. The van der Waals surface area contributed by atoms with Crippen molar-refractivity contribution in [3.8, 4) is 0 Å². The Morgan fingerprint density at radius 3 is 2.85 bits per heavy atom. The molecule has 4 heterocycles. The summed E-state index contributed by atoms with van der Waals surface area (Å²) in [6.45, 7) is 3.07. The van der Waals surface area contributed by atoms with E-state index >= 15 is 0 Å². The normalized spacial score (nSPS) is 32.3. The van der Waals surface area contributed by atoms with Gasteiger partial charge in [0.2, 0.25) is 0 Å². The second-order valence-electron chi connectivity index (χ2n) is 8.06. The van der Waals surface area contributed by atoms with E-state index in [0.717, 1.165) is 50.0 Å². The molecule has 0 aromatic heterocycles. The van der Waals surface area contributed by atoms with Gasteiger partial charge in [-0.25, -0.2) is 4.79 Å². The molecule has 0 radical (unpaired) electrons. The van der Waals surface area contributed by atoms with Crippen LogP contribution < -0.4 is 0 Å². The van der Waals surface area contributed by atoms with Crippen LogP contribution in [0.5, 0.6) is 0 Å². The number of hydrogen-bond acceptors (Lipinski definition) is 4. The van der Waals surface area contributed by atoms with E-state index in [4.69, 9.17) is 9.47 Å². The van der Waals surface area contributed by atoms with Gasteiger partial charge in [-0.2, -0.15) is 0 Å². The van der Waals surface area contributed by atoms with Crippen LogP contribution >= 0.6 is 0 Å². The molecule has 1 aromatic carbocycles. The zero-order valence-corrected chi connectivity index (χ0v) is 14.9. The molecule has 1 spiro atoms. The highest BCUT2D eigenvalue weighted by atomic mass is 16.5. The molecule has 5 fully saturated rings. The molecule has 1 aromatic rings. The van der Waals surface area contributed by atoms with E-state index < -0.39 is 5.54 Å². The van der Waals surface area contributed by atoms with Crippen LogP contribution in [0.1, 0.15) is 36.8 Å². The summed E-state index contributed by atoms with van der Waals surface area (Å²) >= 11 is 0. The quantitative estimate of drug-likeness (QED) is 0.734. The molecule has 5 aliphatic rings. The van der Waals surface area contributed by atoms with Gasteiger partial charge in [0.05, 0.1) is 25.9 Å². The first-order chi connectivity index (χ1) is 12.7. The average molecular weight is 356 g/mol. The minimum absolute atomic E-state index is 0.00344. The third-order valence-electron chi connectivity index (χ3n) is 6.24. The van der Waals surface area contributed by atoms with E-state index in [0.29, 0.717) is 25.7 Å². The molecular weight excluding hydrogens is 332 g/mol. The van der Waals surface area contributed by atoms with Gasteiger partial charge in [-0.15, -0.1) is 0 Å². The van der Waals surface area contributed by atoms with Gasteiger partial charge in [-0.1, -0.05) is 24.3 Å². The topological polar surface area (TPSA) is 59.1 Å². The largest absolute Gasteiger partial charge is 0.376 e. The SMILES string of the molecule is O=C1N(Cc2cccc(COCC3CCCO3)c2)C(=O)C23CC(CN12)C3. The van der Waals surface area contributed by atoms with E-state index in [9.17, 15) is 9.59 Å². The first kappa shape index (κ1) is 16.3. The van der Waals surface area contributed by atoms with E-state index in [-0.39, 0.29) is 18.0 Å². The summed E-state index contributed by atoms with van der Waals surface area (Å²) in [5, 5.41) is 0. The number of carbonyl (C=O) groups excluding carboxylic acids is 2. The van der Waals surface area contributed by atoms with Gasteiger partial charge in [0.25, 0.3) is 5.91 Å². The number of imide groups is 1. The summed E-state index contributed by atoms with van der Waals surface area (Å²) in [5.41, 5.74) is 1.53. The first-order valence-corrected chi connectivity index (χ1v) is 9.56. The van der Waals surface area contributed by atoms with Crippen LogP contribution in [-0.2, 0) is 27.4 Å². The predicted octanol–water partition coefficient (Wildman–Crippen LogP) is 2.31. The molecule has 138 valence electrons. The van der Waals surface area contributed by atoms with Gasteiger partial charge in [0, 0.05) is 13.2 Å². The Labute approximate surface area is 153 Å². The Balaban J connectivity index is 1.22. The highest BCUT2D eigenvalue weighted by molar-refractivity contribution is 6.08. The Bertz CT molecular complexity index is 734. The molecule has 6 heteroatoms. The molecule has 3 amide bonds. The Hall–Kier alpha value is -1.92. The standard InChI is InChI=1S/C20H24N2O4/c23-18-20-8-16(9-20)11-22(20)19(24)21(18)10-14-3-1-4-15(7-14)12-25-13-17-5-2-6-26-17/h1,3-4,7,16-17H,2,5-6,8-13H2. The molecule has 4 aliphatic heterocycles. The third-order valence-corrected chi connectivity index (χ3v) is 6.24. The molecular formula is C20H24N2O4. The highest BCUT2D eigenvalue weighted by Crippen LogP contribution is 2.54. The molecule has 1 saturated carbocycles. The zero-order valence-electron chi connectivity index (χ0n) is 14.9. The lowest BCUT2D eigenvalue weighted by Crippen LogP contribution is -2.48. The van der Waals surface area contributed by atoms with Crippen LogP contribution in [0.25, 0.3) is 0 Å². The van der Waals surface area contributed by atoms with Gasteiger partial charge in [0.15, 0.2) is 0 Å². The van der Waals surface area contributed by atoms with E-state index in [1.807, 2.05) is 24.3 Å². The van der Waals surface area contributed by atoms with E-state index in [2.05, 4.69) is 0 Å². The summed E-state index contributed by atoms with van der Waals surface area (Å²) < 4.78 is 11.3. The van der Waals surface area contributed by atoms with Crippen LogP contribution in [0, 0.1) is 5.92 Å². The lowest BCUT2D eigenvalue weighted by atomic mass is 9.73. The number of nitrogens with zero attached hydrogens (tertiary/aromatic N) is 2. The number of amides is 3. The van der Waals surface area contributed by atoms with E-state index in [1.165, 1.54) is 4.90 Å². The average Bonchev–Trinajstić information content (AvgIpc) is 3.35. The number of carbonyl (C=O) groups is 2. The number of ether oxygens (including phenoxy) is 2. The third kappa shape index (κ3) is 2.47. The first-order valence-electron chi connectivity index (χ1n) is 9.56. The predicted molar refractivity (Wildman–Crippen MR) is 93.2 cm³/mol. The highest BCUT2D eigenvalue weighted by Gasteiger charge is 2.68. The summed E-state index contributed by atoms with van der Waals surface area (Å²) in [6.07, 6.45) is 4.10. The van der Waals surface area contributed by atoms with Crippen molar-refractivity contribution in [1.29, 1.82) is 0 Å². The molecule has 26 heavy (non-hydrogen) atoms. The van der Waals surface area contributed by atoms with E-state index in [1.54, 1.807) is 4.90 Å². The van der Waals surface area contributed by atoms with Crippen molar-refractivity contribution >= 4 is 11.9 Å². The number of benzene rings is 1. The smallest absolute Gasteiger partial charge is 0.327 e. The van der Waals surface area contributed by atoms with Gasteiger partial charge in [-0.3, -0.25) is 9.69 Å². The van der Waals surface area contributed by atoms with Gasteiger partial charge >= 0.3 is 6.03 Å². The van der Waals surface area contributed by atoms with Crippen LogP contribution in [0.4, 0.5) is 4.79 Å². The maximum atomic E-state index is 12.8. The second-order valence-corrected chi connectivity index (χ2v) is 8.06. The molecule has 1 atom stereocenters. The fraction of sp³-hybridized carbons (Fsp3) is 0.600. The van der Waals surface area contributed by atoms with Crippen molar-refractivity contribution in [2.75, 3.05) is 19.8 Å². The Morgan fingerprint density at radius 2 is 2.08 bits per heavy atom. The van der Waals surface area contributed by atoms with Crippen molar-refractivity contribution in [2.24, 2.45) is 5.92 Å². The van der Waals surface area contributed by atoms with Crippen molar-refractivity contribution in [3.05, 3.63) is 35.4 Å². The Morgan fingerprint density at radius 1 is 1.23 bits per heavy atom. The Kier molecular flexibility index (Phi) is 3.79. The second kappa shape index (κ2) is 6.06. The molecule has 1 unspecified atom stereocenters. The minimum atomic E-state index is -0.496. The fourth-order valence-electron chi connectivity index (χ4n) is 4.94. The van der Waals surface area contributed by atoms with Gasteiger partial charge in [0.1, 0.15) is 5.54 Å². The number of urea groups is 1. The van der Waals surface area contributed by atoms with Crippen molar-refractivity contribution in [1.82, 2.24) is 9.80 Å². The molecule has 2 bridgehead atoms. The van der Waals surface area contributed by atoms with Crippen molar-refractivity contribution in [2.45, 2.75) is 50.5 Å². The molecule has 4 saturated heterocycles. The fourth-order valence-corrected chi connectivity index (χ4v) is 4.94. The summed E-state index contributed by atoms with van der Waals surface area (Å²) in [5.74, 6) is 0.533. The molecule has 6 nitrogen and oxygen atoms in total. The minimum Gasteiger partial charge on any atom is -0.376 e. The zero-order chi connectivity index (χ0) is 17.7. The summed E-state index contributed by atoms with van der Waals surface area (Å²) in [6, 6.07) is 7.86. The summed E-state index contributed by atoms with van der Waals surface area (Å²) in [4.78, 5) is 28.7. The summed E-state index contributed by atoms with van der Waals surface area (Å²) in [7, 11) is 0. The molecule has 0 N–H and O–H groups in total. The maximum absolute atomic E-state index is 12.8. The van der Waals surface area contributed by atoms with Crippen LogP contribution in [0.3, 0.4) is 0 Å². The lowest BCUT2D eigenvalue weighted by molar-refractivity contribution is -0.135. The van der Waals surface area contributed by atoms with Crippen LogP contribution in [0.2, 0.25) is 0 Å². The van der Waals surface area contributed by atoms with Crippen molar-refractivity contribution < 1.29 is 19.1 Å². The van der Waals surface area contributed by atoms with Crippen LogP contribution in [0.15, 0.2) is 24.3 Å². The van der Waals surface area contributed by atoms with Gasteiger partial charge < -0.3 is 14.4 Å². The van der Waals surface area contributed by atoms with Gasteiger partial charge in [-0.05, 0) is 42.7 Å². The maximum Gasteiger partial charge on any atom is 0.327 e. The molecule has 1 aliphatic carbocycles. The van der Waals surface area contributed by atoms with Crippen LogP contribution in [-0.4, -0.2) is 53.1 Å². The number of rotatable bonds is 6. The number of hydrogen-bond donors (Lipinski definition) is 0. The van der Waals surface area contributed by atoms with Crippen molar-refractivity contribution in [3.63, 3.8) is 0 Å². The molecule has 6 rings (SSSR count).